The van der Waals surface area contributed by atoms with Crippen molar-refractivity contribution in [3.05, 3.63) is 46.7 Å². The molecule has 0 amide bonds. The van der Waals surface area contributed by atoms with Gasteiger partial charge < -0.3 is 24.8 Å². The van der Waals surface area contributed by atoms with Crippen molar-refractivity contribution in [2.24, 2.45) is 0 Å². The summed E-state index contributed by atoms with van der Waals surface area (Å²) in [5.74, 6) is 1.86. The maximum atomic E-state index is 6.13. The highest BCUT2D eigenvalue weighted by Crippen LogP contribution is 2.35. The first-order valence-electron chi connectivity index (χ1n) is 10.4. The second-order valence-electron chi connectivity index (χ2n) is 8.33. The zero-order chi connectivity index (χ0) is 22.7. The molecule has 2 aromatic carbocycles. The largest absolute Gasteiger partial charge is 0.493 e. The summed E-state index contributed by atoms with van der Waals surface area (Å²) in [7, 11) is 1.61. The molecule has 1 aromatic heterocycles. The van der Waals surface area contributed by atoms with Crippen molar-refractivity contribution in [1.82, 2.24) is 15.3 Å². The minimum Gasteiger partial charge on any atom is -0.493 e. The molecule has 1 aliphatic heterocycles. The smallest absolute Gasteiger partial charge is 0.163 e. The lowest BCUT2D eigenvalue weighted by Gasteiger charge is -2.35. The van der Waals surface area contributed by atoms with Gasteiger partial charge in [0.2, 0.25) is 0 Å². The molecular formula is C23H26Cl2N4O3. The number of methoxy groups -OCH3 is 1. The van der Waals surface area contributed by atoms with Gasteiger partial charge in [0.25, 0.3) is 0 Å². The second kappa shape index (κ2) is 9.67. The molecule has 0 spiro atoms. The van der Waals surface area contributed by atoms with E-state index in [-0.39, 0.29) is 11.6 Å². The number of fused-ring (bicyclic) bond motifs is 1. The Morgan fingerprint density at radius 2 is 2.00 bits per heavy atom. The number of halogens is 2. The standard InChI is InChI=1S/C23H26Cl2N4O3/c1-23(2)12-32-15(11-28-23)6-7-31-21-10-19-16(9-20(21)30-3)22(27-13-26-19)29-14-4-5-17(24)18(25)8-14/h4-5,8-10,13,15,28H,6-7,11-12H2,1-3H3,(H,26,27,29). The van der Waals surface area contributed by atoms with E-state index in [9.17, 15) is 0 Å². The van der Waals surface area contributed by atoms with Crippen LogP contribution in [0.3, 0.4) is 0 Å². The molecule has 1 saturated heterocycles. The van der Waals surface area contributed by atoms with Crippen LogP contribution in [0.15, 0.2) is 36.7 Å². The summed E-state index contributed by atoms with van der Waals surface area (Å²) < 4.78 is 17.5. The van der Waals surface area contributed by atoms with Crippen molar-refractivity contribution in [3.8, 4) is 11.5 Å². The van der Waals surface area contributed by atoms with Crippen LogP contribution in [0.1, 0.15) is 20.3 Å². The molecule has 0 saturated carbocycles. The van der Waals surface area contributed by atoms with E-state index >= 15 is 0 Å². The molecule has 7 nitrogen and oxygen atoms in total. The van der Waals surface area contributed by atoms with E-state index in [0.29, 0.717) is 40.6 Å². The number of morpholine rings is 1. The SMILES string of the molecule is COc1cc2c(Nc3ccc(Cl)c(Cl)c3)ncnc2cc1OCCC1CNC(C)(C)CO1. The van der Waals surface area contributed by atoms with Crippen molar-refractivity contribution in [3.63, 3.8) is 0 Å². The molecular weight excluding hydrogens is 451 g/mol. The summed E-state index contributed by atoms with van der Waals surface area (Å²) in [6.45, 7) is 6.26. The number of nitrogens with one attached hydrogen (secondary N) is 2. The summed E-state index contributed by atoms with van der Waals surface area (Å²) in [6, 6.07) is 9.04. The molecule has 32 heavy (non-hydrogen) atoms. The van der Waals surface area contributed by atoms with Gasteiger partial charge in [-0.1, -0.05) is 23.2 Å². The Morgan fingerprint density at radius 1 is 1.16 bits per heavy atom. The average molecular weight is 477 g/mol. The van der Waals surface area contributed by atoms with Gasteiger partial charge in [-0.2, -0.15) is 0 Å². The minimum absolute atomic E-state index is 0.0156. The summed E-state index contributed by atoms with van der Waals surface area (Å²) in [5.41, 5.74) is 1.51. The Kier molecular flexibility index (Phi) is 6.90. The number of hydrogen-bond donors (Lipinski definition) is 2. The molecule has 1 unspecified atom stereocenters. The number of ether oxygens (including phenoxy) is 3. The molecule has 3 aromatic rings. The van der Waals surface area contributed by atoms with Crippen LogP contribution in [0.25, 0.3) is 10.9 Å². The van der Waals surface area contributed by atoms with Crippen molar-refractivity contribution < 1.29 is 14.2 Å². The van der Waals surface area contributed by atoms with Gasteiger partial charge in [0.1, 0.15) is 12.1 Å². The topological polar surface area (TPSA) is 77.5 Å². The lowest BCUT2D eigenvalue weighted by molar-refractivity contribution is -0.0300. The highest BCUT2D eigenvalue weighted by molar-refractivity contribution is 6.42. The highest BCUT2D eigenvalue weighted by Gasteiger charge is 2.26. The Balaban J connectivity index is 1.49. The van der Waals surface area contributed by atoms with Crippen LogP contribution in [0, 0.1) is 0 Å². The highest BCUT2D eigenvalue weighted by atomic mass is 35.5. The molecule has 1 aliphatic rings. The maximum absolute atomic E-state index is 6.13. The van der Waals surface area contributed by atoms with E-state index in [0.717, 1.165) is 29.6 Å². The third kappa shape index (κ3) is 5.35. The van der Waals surface area contributed by atoms with Gasteiger partial charge in [0, 0.05) is 35.6 Å². The Labute approximate surface area is 197 Å². The number of rotatable bonds is 7. The Bertz CT molecular complexity index is 1100. The van der Waals surface area contributed by atoms with Crippen LogP contribution in [0.5, 0.6) is 11.5 Å². The van der Waals surface area contributed by atoms with Crippen LogP contribution in [0.4, 0.5) is 11.5 Å². The zero-order valence-corrected chi connectivity index (χ0v) is 19.8. The Hall–Kier alpha value is -2.32. The van der Waals surface area contributed by atoms with Crippen molar-refractivity contribution in [2.45, 2.75) is 31.9 Å². The van der Waals surface area contributed by atoms with Gasteiger partial charge >= 0.3 is 0 Å². The van der Waals surface area contributed by atoms with E-state index in [1.54, 1.807) is 19.2 Å². The van der Waals surface area contributed by atoms with Gasteiger partial charge in [-0.05, 0) is 38.1 Å². The first-order chi connectivity index (χ1) is 15.3. The molecule has 1 atom stereocenters. The van der Waals surface area contributed by atoms with Crippen LogP contribution in [0.2, 0.25) is 10.0 Å². The molecule has 2 N–H and O–H groups in total. The quantitative estimate of drug-likeness (QED) is 0.483. The van der Waals surface area contributed by atoms with E-state index in [1.807, 2.05) is 18.2 Å². The minimum atomic E-state index is 0.0156. The van der Waals surface area contributed by atoms with Gasteiger partial charge in [-0.3, -0.25) is 0 Å². The number of nitrogens with zero attached hydrogens (tertiary/aromatic N) is 2. The summed E-state index contributed by atoms with van der Waals surface area (Å²) in [6.07, 6.45) is 2.40. The van der Waals surface area contributed by atoms with Crippen molar-refractivity contribution in [2.75, 3.05) is 32.2 Å². The summed E-state index contributed by atoms with van der Waals surface area (Å²) in [4.78, 5) is 8.77. The average Bonchev–Trinajstić information content (AvgIpc) is 2.77. The van der Waals surface area contributed by atoms with Crippen LogP contribution in [-0.4, -0.2) is 48.5 Å². The van der Waals surface area contributed by atoms with Crippen LogP contribution < -0.4 is 20.1 Å². The number of benzene rings is 2. The van der Waals surface area contributed by atoms with Gasteiger partial charge in [-0.15, -0.1) is 0 Å². The molecule has 2 heterocycles. The van der Waals surface area contributed by atoms with Crippen LogP contribution in [-0.2, 0) is 4.74 Å². The predicted octanol–water partition coefficient (Wildman–Crippen LogP) is 5.22. The van der Waals surface area contributed by atoms with Crippen molar-refractivity contribution in [1.29, 1.82) is 0 Å². The van der Waals surface area contributed by atoms with Crippen LogP contribution >= 0.6 is 23.2 Å². The number of hydrogen-bond acceptors (Lipinski definition) is 7. The fourth-order valence-electron chi connectivity index (χ4n) is 3.46. The van der Waals surface area contributed by atoms with Crippen molar-refractivity contribution >= 4 is 45.6 Å². The fourth-order valence-corrected chi connectivity index (χ4v) is 3.76. The van der Waals surface area contributed by atoms with E-state index in [1.165, 1.54) is 6.33 Å². The Morgan fingerprint density at radius 3 is 2.72 bits per heavy atom. The monoisotopic (exact) mass is 476 g/mol. The lowest BCUT2D eigenvalue weighted by atomic mass is 10.0. The molecule has 4 rings (SSSR count). The van der Waals surface area contributed by atoms with Gasteiger partial charge in [-0.25, -0.2) is 9.97 Å². The van der Waals surface area contributed by atoms with E-state index in [2.05, 4.69) is 34.4 Å². The zero-order valence-electron chi connectivity index (χ0n) is 18.2. The predicted molar refractivity (Wildman–Crippen MR) is 128 cm³/mol. The van der Waals surface area contributed by atoms with E-state index < -0.39 is 0 Å². The van der Waals surface area contributed by atoms with E-state index in [4.69, 9.17) is 37.4 Å². The van der Waals surface area contributed by atoms with Gasteiger partial charge in [0.15, 0.2) is 11.5 Å². The summed E-state index contributed by atoms with van der Waals surface area (Å²) in [5, 5.41) is 8.51. The fraction of sp³-hybridized carbons (Fsp3) is 0.391. The first-order valence-corrected chi connectivity index (χ1v) is 11.1. The number of anilines is 2. The molecule has 170 valence electrons. The molecule has 0 aliphatic carbocycles. The lowest BCUT2D eigenvalue weighted by Crippen LogP contribution is -2.53. The third-order valence-electron chi connectivity index (χ3n) is 5.29. The second-order valence-corrected chi connectivity index (χ2v) is 9.15. The summed E-state index contributed by atoms with van der Waals surface area (Å²) >= 11 is 12.1. The molecule has 0 bridgehead atoms. The normalized spacial score (nSPS) is 17.8. The number of aromatic nitrogens is 2. The van der Waals surface area contributed by atoms with Gasteiger partial charge in [0.05, 0.1) is 42.0 Å². The molecule has 1 fully saturated rings. The molecule has 9 heteroatoms. The maximum Gasteiger partial charge on any atom is 0.163 e. The first kappa shape index (κ1) is 22.9. The third-order valence-corrected chi connectivity index (χ3v) is 6.03. The molecule has 0 radical (unpaired) electrons.